The molecule has 1 amide bonds. The summed E-state index contributed by atoms with van der Waals surface area (Å²) in [5.41, 5.74) is -0.896. The summed E-state index contributed by atoms with van der Waals surface area (Å²) in [5.74, 6) is -14.2. The van der Waals surface area contributed by atoms with Gasteiger partial charge in [0.05, 0.1) is 4.92 Å². The molecule has 0 aliphatic carbocycles. The SMILES string of the molecule is O=C(COc1c(F)c(F)c(F)c(F)c1F)Nc1ccc(Cl)cc1[N+](=O)[O-]. The lowest BCUT2D eigenvalue weighted by Gasteiger charge is -2.10. The molecular formula is C14H6ClF5N2O4. The van der Waals surface area contributed by atoms with E-state index >= 15 is 0 Å². The number of rotatable bonds is 5. The number of nitro benzene ring substituents is 1. The summed E-state index contributed by atoms with van der Waals surface area (Å²) in [4.78, 5) is 21.7. The van der Waals surface area contributed by atoms with E-state index in [1.54, 1.807) is 0 Å². The lowest BCUT2D eigenvalue weighted by atomic mass is 10.2. The minimum atomic E-state index is -2.38. The molecule has 0 saturated heterocycles. The van der Waals surface area contributed by atoms with Crippen LogP contribution in [-0.4, -0.2) is 17.4 Å². The average molecular weight is 397 g/mol. The summed E-state index contributed by atoms with van der Waals surface area (Å²) < 4.78 is 70.1. The quantitative estimate of drug-likeness (QED) is 0.273. The first-order valence-electron chi connectivity index (χ1n) is 6.51. The Morgan fingerprint density at radius 2 is 1.62 bits per heavy atom. The Morgan fingerprint density at radius 3 is 2.15 bits per heavy atom. The second-order valence-corrected chi connectivity index (χ2v) is 5.09. The summed E-state index contributed by atoms with van der Waals surface area (Å²) in [6, 6.07) is 3.23. The van der Waals surface area contributed by atoms with Crippen molar-refractivity contribution in [2.75, 3.05) is 11.9 Å². The van der Waals surface area contributed by atoms with Crippen molar-refractivity contribution in [3.05, 3.63) is 62.4 Å². The van der Waals surface area contributed by atoms with Gasteiger partial charge in [-0.25, -0.2) is 13.2 Å². The molecule has 0 spiro atoms. The standard InChI is InChI=1S/C14H6ClF5N2O4/c15-5-1-2-6(7(3-5)22(24)25)21-8(23)4-26-14-12(19)10(17)9(16)11(18)13(14)20/h1-3H,4H2,(H,21,23). The zero-order chi connectivity index (χ0) is 19.6. The fraction of sp³-hybridized carbons (Fsp3) is 0.0714. The number of nitrogens with one attached hydrogen (secondary N) is 1. The summed E-state index contributed by atoms with van der Waals surface area (Å²) in [7, 11) is 0. The van der Waals surface area contributed by atoms with Crippen molar-refractivity contribution in [1.29, 1.82) is 0 Å². The number of amides is 1. The van der Waals surface area contributed by atoms with Crippen LogP contribution in [0.4, 0.5) is 33.3 Å². The Bertz CT molecular complexity index is 880. The van der Waals surface area contributed by atoms with Gasteiger partial charge in [0.15, 0.2) is 12.4 Å². The lowest BCUT2D eigenvalue weighted by Crippen LogP contribution is -2.22. The molecule has 0 radical (unpaired) electrons. The van der Waals surface area contributed by atoms with Crippen LogP contribution in [0.1, 0.15) is 0 Å². The maximum atomic E-state index is 13.4. The molecule has 0 saturated carbocycles. The predicted octanol–water partition coefficient (Wildman–Crippen LogP) is 3.96. The van der Waals surface area contributed by atoms with Gasteiger partial charge in [0.1, 0.15) is 5.69 Å². The summed E-state index contributed by atoms with van der Waals surface area (Å²) in [5, 5.41) is 12.9. The Kier molecular flexibility index (Phi) is 5.60. The zero-order valence-electron chi connectivity index (χ0n) is 12.3. The summed E-state index contributed by atoms with van der Waals surface area (Å²) in [6.07, 6.45) is 0. The second-order valence-electron chi connectivity index (χ2n) is 4.65. The molecule has 12 heteroatoms. The molecule has 0 aliphatic heterocycles. The number of hydrogen-bond donors (Lipinski definition) is 1. The minimum Gasteiger partial charge on any atom is -0.477 e. The number of carbonyl (C=O) groups excluding carboxylic acids is 1. The van der Waals surface area contributed by atoms with Crippen molar-refractivity contribution in [2.45, 2.75) is 0 Å². The smallest absolute Gasteiger partial charge is 0.294 e. The number of ether oxygens (including phenoxy) is 1. The lowest BCUT2D eigenvalue weighted by molar-refractivity contribution is -0.383. The fourth-order valence-corrected chi connectivity index (χ4v) is 1.96. The van der Waals surface area contributed by atoms with Crippen molar-refractivity contribution >= 4 is 28.9 Å². The molecule has 1 N–H and O–H groups in total. The second kappa shape index (κ2) is 7.52. The van der Waals surface area contributed by atoms with E-state index in [-0.39, 0.29) is 10.7 Å². The van der Waals surface area contributed by atoms with Crippen LogP contribution >= 0.6 is 11.6 Å². The Labute approximate surface area is 146 Å². The van der Waals surface area contributed by atoms with E-state index in [9.17, 15) is 36.9 Å². The van der Waals surface area contributed by atoms with Crippen LogP contribution in [0.2, 0.25) is 5.02 Å². The van der Waals surface area contributed by atoms with E-state index in [2.05, 4.69) is 4.74 Å². The number of hydrogen-bond acceptors (Lipinski definition) is 4. The monoisotopic (exact) mass is 396 g/mol. The maximum Gasteiger partial charge on any atom is 0.294 e. The van der Waals surface area contributed by atoms with Crippen molar-refractivity contribution in [3.63, 3.8) is 0 Å². The summed E-state index contributed by atoms with van der Waals surface area (Å²) >= 11 is 5.59. The Hall–Kier alpha value is -2.95. The molecule has 2 rings (SSSR count). The Morgan fingerprint density at radius 1 is 1.08 bits per heavy atom. The van der Waals surface area contributed by atoms with Crippen molar-refractivity contribution < 1.29 is 36.4 Å². The number of halogens is 6. The van der Waals surface area contributed by atoms with E-state index in [0.29, 0.717) is 0 Å². The van der Waals surface area contributed by atoms with Gasteiger partial charge in [-0.3, -0.25) is 14.9 Å². The molecule has 0 aliphatic rings. The van der Waals surface area contributed by atoms with Gasteiger partial charge in [0.25, 0.3) is 11.6 Å². The highest BCUT2D eigenvalue weighted by atomic mass is 35.5. The molecular weight excluding hydrogens is 391 g/mol. The van der Waals surface area contributed by atoms with Gasteiger partial charge >= 0.3 is 0 Å². The topological polar surface area (TPSA) is 81.5 Å². The highest BCUT2D eigenvalue weighted by Crippen LogP contribution is 2.30. The maximum absolute atomic E-state index is 13.4. The van der Waals surface area contributed by atoms with Crippen LogP contribution < -0.4 is 10.1 Å². The first-order chi connectivity index (χ1) is 12.1. The molecule has 6 nitrogen and oxygen atoms in total. The van der Waals surface area contributed by atoms with E-state index in [0.717, 1.165) is 12.1 Å². The third kappa shape index (κ3) is 3.82. The van der Waals surface area contributed by atoms with Crippen molar-refractivity contribution in [1.82, 2.24) is 0 Å². The fourth-order valence-electron chi connectivity index (χ4n) is 1.80. The third-order valence-electron chi connectivity index (χ3n) is 2.95. The van der Waals surface area contributed by atoms with E-state index in [1.165, 1.54) is 6.07 Å². The van der Waals surface area contributed by atoms with Crippen molar-refractivity contribution in [3.8, 4) is 5.75 Å². The van der Waals surface area contributed by atoms with Crippen LogP contribution in [0.3, 0.4) is 0 Å². The largest absolute Gasteiger partial charge is 0.477 e. The molecule has 0 aromatic heterocycles. The number of benzene rings is 2. The van der Waals surface area contributed by atoms with Crippen LogP contribution in [-0.2, 0) is 4.79 Å². The van der Waals surface area contributed by atoms with Crippen LogP contribution in [0.5, 0.6) is 5.75 Å². The highest BCUT2D eigenvalue weighted by molar-refractivity contribution is 6.31. The number of nitrogens with zero attached hydrogens (tertiary/aromatic N) is 1. The van der Waals surface area contributed by atoms with Gasteiger partial charge < -0.3 is 10.1 Å². The van der Waals surface area contributed by atoms with Gasteiger partial charge in [-0.2, -0.15) is 8.78 Å². The Balaban J connectivity index is 2.18. The molecule has 0 fully saturated rings. The van der Waals surface area contributed by atoms with Crippen molar-refractivity contribution in [2.24, 2.45) is 0 Å². The molecule has 0 heterocycles. The summed E-state index contributed by atoms with van der Waals surface area (Å²) in [6.45, 7) is -1.18. The van der Waals surface area contributed by atoms with Gasteiger partial charge in [0, 0.05) is 11.1 Å². The molecule has 0 unspecified atom stereocenters. The van der Waals surface area contributed by atoms with Crippen LogP contribution in [0.25, 0.3) is 0 Å². The van der Waals surface area contributed by atoms with E-state index in [1.807, 2.05) is 5.32 Å². The van der Waals surface area contributed by atoms with Gasteiger partial charge in [0.2, 0.25) is 29.1 Å². The van der Waals surface area contributed by atoms with Crippen LogP contribution in [0.15, 0.2) is 18.2 Å². The number of nitro groups is 1. The molecule has 0 bridgehead atoms. The third-order valence-corrected chi connectivity index (χ3v) is 3.18. The normalized spacial score (nSPS) is 10.5. The first kappa shape index (κ1) is 19.4. The molecule has 2 aromatic rings. The number of anilines is 1. The van der Waals surface area contributed by atoms with Gasteiger partial charge in [-0.05, 0) is 12.1 Å². The number of carbonyl (C=O) groups is 1. The van der Waals surface area contributed by atoms with E-state index < -0.39 is 58.0 Å². The average Bonchev–Trinajstić information content (AvgIpc) is 2.59. The molecule has 26 heavy (non-hydrogen) atoms. The predicted molar refractivity (Wildman–Crippen MR) is 78.5 cm³/mol. The zero-order valence-corrected chi connectivity index (χ0v) is 13.0. The minimum absolute atomic E-state index is 0.00681. The molecule has 0 atom stereocenters. The molecule has 2 aromatic carbocycles. The van der Waals surface area contributed by atoms with Crippen LogP contribution in [0, 0.1) is 39.2 Å². The van der Waals surface area contributed by atoms with Gasteiger partial charge in [-0.15, -0.1) is 0 Å². The highest BCUT2D eigenvalue weighted by Gasteiger charge is 2.27. The van der Waals surface area contributed by atoms with E-state index in [4.69, 9.17) is 11.6 Å². The van der Waals surface area contributed by atoms with Gasteiger partial charge in [-0.1, -0.05) is 11.6 Å². The molecule has 138 valence electrons. The first-order valence-corrected chi connectivity index (χ1v) is 6.89.